The van der Waals surface area contributed by atoms with Gasteiger partial charge in [0.2, 0.25) is 0 Å². The number of halogens is 4. The first-order chi connectivity index (χ1) is 9.40. The molecule has 1 rings (SSSR count). The number of benzene rings is 1. The molecule has 0 spiro atoms. The van der Waals surface area contributed by atoms with Gasteiger partial charge in [-0.3, -0.25) is 0 Å². The first-order valence-corrected chi connectivity index (χ1v) is 7.12. The van der Waals surface area contributed by atoms with E-state index in [1.165, 1.54) is 13.8 Å². The summed E-state index contributed by atoms with van der Waals surface area (Å²) >= 11 is 0. The van der Waals surface area contributed by atoms with E-state index in [2.05, 4.69) is 10.0 Å². The lowest BCUT2D eigenvalue weighted by Gasteiger charge is -2.22. The van der Waals surface area contributed by atoms with E-state index in [4.69, 9.17) is 5.53 Å². The molecule has 11 heteroatoms. The summed E-state index contributed by atoms with van der Waals surface area (Å²) in [5.74, 6) is 0. The fourth-order valence-electron chi connectivity index (χ4n) is 2.33. The van der Waals surface area contributed by atoms with E-state index in [-0.39, 0.29) is 27.9 Å². The average Bonchev–Trinajstić information content (AvgIpc) is 2.27. The van der Waals surface area contributed by atoms with Crippen molar-refractivity contribution in [3.63, 3.8) is 0 Å². The Kier molecular flexibility index (Phi) is 4.59. The minimum absolute atomic E-state index is 0.00519. The summed E-state index contributed by atoms with van der Waals surface area (Å²) in [5.41, 5.74) is 7.25. The number of azide groups is 1. The molecule has 0 heterocycles. The Balaban J connectivity index is 3.90. The second-order valence-corrected chi connectivity index (χ2v) is 5.86. The zero-order chi connectivity index (χ0) is 16.6. The Morgan fingerprint density at radius 1 is 1.14 bits per heavy atom. The Hall–Kier alpha value is -1.74. The maximum absolute atomic E-state index is 13.4. The van der Waals surface area contributed by atoms with E-state index in [0.29, 0.717) is 0 Å². The fraction of sp³-hybridized carbons (Fsp3) is 0.400. The third-order valence-electron chi connectivity index (χ3n) is 3.12. The van der Waals surface area contributed by atoms with Gasteiger partial charge in [-0.25, -0.2) is 0 Å². The van der Waals surface area contributed by atoms with Gasteiger partial charge >= 0.3 is 17.2 Å². The molecule has 0 N–H and O–H groups in total. The van der Waals surface area contributed by atoms with Gasteiger partial charge in [0.15, 0.2) is 0 Å². The van der Waals surface area contributed by atoms with Gasteiger partial charge in [0.1, 0.15) is 4.90 Å². The Bertz CT molecular complexity index is 740. The second-order valence-electron chi connectivity index (χ2n) is 4.57. The van der Waals surface area contributed by atoms with Gasteiger partial charge in [0.05, 0.1) is 0 Å². The minimum Gasteiger partial charge on any atom is -0.449 e. The molecule has 0 amide bonds. The molecule has 0 aliphatic carbocycles. The van der Waals surface area contributed by atoms with Crippen LogP contribution in [0.4, 0.5) is 22.5 Å². The van der Waals surface area contributed by atoms with Crippen molar-refractivity contribution in [2.45, 2.75) is 32.0 Å². The summed E-state index contributed by atoms with van der Waals surface area (Å²) in [6.45, 7) is -1.71. The van der Waals surface area contributed by atoms with Crippen LogP contribution in [0.25, 0.3) is 10.4 Å². The largest absolute Gasteiger partial charge is 0.482 e. The van der Waals surface area contributed by atoms with Crippen molar-refractivity contribution in [1.82, 2.24) is 0 Å². The molecule has 116 valence electrons. The molecule has 0 bridgehead atoms. The highest BCUT2D eigenvalue weighted by molar-refractivity contribution is 7.86. The fourth-order valence-corrected chi connectivity index (χ4v) is 3.28. The van der Waals surface area contributed by atoms with Crippen LogP contribution in [0.1, 0.15) is 22.3 Å². The maximum atomic E-state index is 13.4. The van der Waals surface area contributed by atoms with Crippen LogP contribution in [0.5, 0.6) is 0 Å². The standard InChI is InChI=1S/C10H11BF4N3O2S/c1-5-8(4-11(12,13)14)6(2)10(21(15,19)20)7(3)9(5)17-18-16/h4H2,1-3H3/q-1. The van der Waals surface area contributed by atoms with Crippen LogP contribution < -0.4 is 0 Å². The zero-order valence-corrected chi connectivity index (χ0v) is 12.2. The van der Waals surface area contributed by atoms with Crippen LogP contribution in [0.3, 0.4) is 0 Å². The van der Waals surface area contributed by atoms with E-state index in [1.54, 1.807) is 0 Å². The monoisotopic (exact) mass is 324 g/mol. The Labute approximate surface area is 118 Å². The molecular weight excluding hydrogens is 313 g/mol. The summed E-state index contributed by atoms with van der Waals surface area (Å²) in [6.07, 6.45) is -1.38. The summed E-state index contributed by atoms with van der Waals surface area (Å²) < 4.78 is 73.7. The van der Waals surface area contributed by atoms with Crippen LogP contribution in [0.15, 0.2) is 10.0 Å². The van der Waals surface area contributed by atoms with Gasteiger partial charge in [-0.2, -0.15) is 8.42 Å². The summed E-state index contributed by atoms with van der Waals surface area (Å²) in [6, 6.07) is 0. The van der Waals surface area contributed by atoms with Crippen LogP contribution in [-0.2, 0) is 16.5 Å². The molecule has 1 aromatic carbocycles. The third kappa shape index (κ3) is 3.67. The molecule has 0 radical (unpaired) electrons. The topological polar surface area (TPSA) is 82.9 Å². The lowest BCUT2D eigenvalue weighted by atomic mass is 9.78. The molecule has 0 aliphatic rings. The van der Waals surface area contributed by atoms with Crippen molar-refractivity contribution in [3.8, 4) is 0 Å². The molecular formula is C10H11BF4N3O2S-. The molecule has 0 fully saturated rings. The average molecular weight is 324 g/mol. The molecule has 0 aliphatic heterocycles. The van der Waals surface area contributed by atoms with Crippen molar-refractivity contribution in [2.24, 2.45) is 5.11 Å². The van der Waals surface area contributed by atoms with E-state index in [0.717, 1.165) is 6.92 Å². The highest BCUT2D eigenvalue weighted by Crippen LogP contribution is 2.38. The van der Waals surface area contributed by atoms with Crippen molar-refractivity contribution < 1.29 is 25.3 Å². The number of rotatable bonds is 4. The van der Waals surface area contributed by atoms with Crippen molar-refractivity contribution in [2.75, 3.05) is 0 Å². The summed E-state index contributed by atoms with van der Waals surface area (Å²) in [4.78, 5) is 1.58. The predicted molar refractivity (Wildman–Crippen MR) is 70.5 cm³/mol. The molecule has 0 saturated heterocycles. The van der Waals surface area contributed by atoms with E-state index in [1.807, 2.05) is 0 Å². The summed E-state index contributed by atoms with van der Waals surface area (Å²) in [5, 5.41) is 3.20. The van der Waals surface area contributed by atoms with Gasteiger partial charge < -0.3 is 12.9 Å². The molecule has 0 atom stereocenters. The first kappa shape index (κ1) is 17.3. The SMILES string of the molecule is Cc1c(C[B-](F)(F)F)c(C)c(S(=O)(=O)F)c(C)c1N=[N+]=[N-]. The number of nitrogens with zero attached hydrogens (tertiary/aromatic N) is 3. The van der Waals surface area contributed by atoms with Crippen LogP contribution in [0, 0.1) is 20.8 Å². The van der Waals surface area contributed by atoms with Crippen LogP contribution in [0.2, 0.25) is 0 Å². The normalized spacial score (nSPS) is 12.1. The predicted octanol–water partition coefficient (Wildman–Crippen LogP) is 4.14. The first-order valence-electron chi connectivity index (χ1n) is 5.73. The van der Waals surface area contributed by atoms with Crippen LogP contribution in [-0.4, -0.2) is 15.4 Å². The second kappa shape index (κ2) is 5.57. The Morgan fingerprint density at radius 2 is 1.67 bits per heavy atom. The Morgan fingerprint density at radius 3 is 2.05 bits per heavy atom. The van der Waals surface area contributed by atoms with Gasteiger partial charge in [0, 0.05) is 10.6 Å². The molecule has 0 saturated carbocycles. The summed E-state index contributed by atoms with van der Waals surface area (Å²) in [7, 11) is -5.24. The van der Waals surface area contributed by atoms with Gasteiger partial charge in [0.25, 0.3) is 0 Å². The zero-order valence-electron chi connectivity index (χ0n) is 11.4. The molecule has 5 nitrogen and oxygen atoms in total. The van der Waals surface area contributed by atoms with Gasteiger partial charge in [-0.05, 0) is 43.0 Å². The van der Waals surface area contributed by atoms with Gasteiger partial charge in [-0.1, -0.05) is 17.0 Å². The van der Waals surface area contributed by atoms with E-state index < -0.39 is 28.4 Å². The molecule has 21 heavy (non-hydrogen) atoms. The molecule has 1 aromatic rings. The number of hydrogen-bond donors (Lipinski definition) is 0. The molecule has 0 unspecified atom stereocenters. The van der Waals surface area contributed by atoms with Crippen LogP contribution >= 0.6 is 0 Å². The van der Waals surface area contributed by atoms with Crippen molar-refractivity contribution in [3.05, 3.63) is 32.7 Å². The lowest BCUT2D eigenvalue weighted by Crippen LogP contribution is -2.22. The minimum atomic E-state index is -5.26. The van der Waals surface area contributed by atoms with E-state index >= 15 is 0 Å². The quantitative estimate of drug-likeness (QED) is 0.208. The smallest absolute Gasteiger partial charge is 0.449 e. The highest BCUT2D eigenvalue weighted by atomic mass is 32.3. The van der Waals surface area contributed by atoms with Crippen molar-refractivity contribution >= 4 is 22.9 Å². The molecule has 0 aromatic heterocycles. The lowest BCUT2D eigenvalue weighted by molar-refractivity contribution is 0.467. The van der Waals surface area contributed by atoms with Gasteiger partial charge in [-0.15, -0.1) is 3.89 Å². The van der Waals surface area contributed by atoms with Crippen molar-refractivity contribution in [1.29, 1.82) is 0 Å². The maximum Gasteiger partial charge on any atom is 0.482 e. The number of hydrogen-bond acceptors (Lipinski definition) is 3. The third-order valence-corrected chi connectivity index (χ3v) is 4.22. The van der Waals surface area contributed by atoms with E-state index in [9.17, 15) is 25.3 Å². The highest BCUT2D eigenvalue weighted by Gasteiger charge is 2.30.